The molecule has 21 heavy (non-hydrogen) atoms. The molecule has 0 bridgehead atoms. The van der Waals surface area contributed by atoms with Gasteiger partial charge in [0.05, 0.1) is 5.02 Å². The van der Waals surface area contributed by atoms with Crippen LogP contribution in [-0.2, 0) is 4.79 Å². The average molecular weight is 341 g/mol. The van der Waals surface area contributed by atoms with E-state index in [1.54, 1.807) is 42.5 Å². The van der Waals surface area contributed by atoms with Crippen LogP contribution in [0.4, 0.5) is 11.4 Å². The topological polar surface area (TPSA) is 55.1 Å². The van der Waals surface area contributed by atoms with Gasteiger partial charge in [0, 0.05) is 33.5 Å². The largest absolute Gasteiger partial charge is 0.398 e. The SMILES string of the molecule is Nc1cccc(Cl)c1SCCC(=O)Nc1cccc(Cl)c1. The summed E-state index contributed by atoms with van der Waals surface area (Å²) in [6, 6.07) is 12.4. The Morgan fingerprint density at radius 2 is 1.95 bits per heavy atom. The number of hydrogen-bond donors (Lipinski definition) is 2. The predicted octanol–water partition coefficient (Wildman–Crippen LogP) is 4.70. The van der Waals surface area contributed by atoms with E-state index >= 15 is 0 Å². The smallest absolute Gasteiger partial charge is 0.225 e. The van der Waals surface area contributed by atoms with Crippen molar-refractivity contribution >= 4 is 52.2 Å². The van der Waals surface area contributed by atoms with E-state index in [-0.39, 0.29) is 5.91 Å². The lowest BCUT2D eigenvalue weighted by Crippen LogP contribution is -2.12. The van der Waals surface area contributed by atoms with Gasteiger partial charge in [-0.05, 0) is 30.3 Å². The number of nitrogen functional groups attached to an aromatic ring is 1. The Morgan fingerprint density at radius 3 is 2.67 bits per heavy atom. The fourth-order valence-corrected chi connectivity index (χ4v) is 3.18. The number of hydrogen-bond acceptors (Lipinski definition) is 3. The van der Waals surface area contributed by atoms with E-state index in [0.29, 0.717) is 33.6 Å². The number of rotatable bonds is 5. The fraction of sp³-hybridized carbons (Fsp3) is 0.133. The van der Waals surface area contributed by atoms with E-state index < -0.39 is 0 Å². The van der Waals surface area contributed by atoms with Gasteiger partial charge in [-0.2, -0.15) is 0 Å². The number of benzene rings is 2. The van der Waals surface area contributed by atoms with Crippen LogP contribution in [0, 0.1) is 0 Å². The molecule has 0 fully saturated rings. The molecule has 0 aliphatic carbocycles. The quantitative estimate of drug-likeness (QED) is 0.612. The highest BCUT2D eigenvalue weighted by atomic mass is 35.5. The van der Waals surface area contributed by atoms with Crippen LogP contribution >= 0.6 is 35.0 Å². The van der Waals surface area contributed by atoms with Gasteiger partial charge in [0.25, 0.3) is 0 Å². The standard InChI is InChI=1S/C15H14Cl2N2OS/c16-10-3-1-4-11(9-10)19-14(20)7-8-21-15-12(17)5-2-6-13(15)18/h1-6,9H,7-8,18H2,(H,19,20). The molecule has 0 aromatic heterocycles. The van der Waals surface area contributed by atoms with E-state index in [1.807, 2.05) is 0 Å². The molecule has 3 N–H and O–H groups in total. The lowest BCUT2D eigenvalue weighted by atomic mass is 10.3. The monoisotopic (exact) mass is 340 g/mol. The number of nitrogens with two attached hydrogens (primary N) is 1. The van der Waals surface area contributed by atoms with Crippen LogP contribution in [0.25, 0.3) is 0 Å². The zero-order valence-corrected chi connectivity index (χ0v) is 13.4. The molecule has 0 heterocycles. The molecular formula is C15H14Cl2N2OS. The van der Waals surface area contributed by atoms with Crippen molar-refractivity contribution in [3.05, 3.63) is 52.5 Å². The summed E-state index contributed by atoms with van der Waals surface area (Å²) in [4.78, 5) is 12.7. The first-order valence-corrected chi connectivity index (χ1v) is 8.02. The molecule has 6 heteroatoms. The fourth-order valence-electron chi connectivity index (χ4n) is 1.71. The Morgan fingerprint density at radius 1 is 1.19 bits per heavy atom. The van der Waals surface area contributed by atoms with Crippen molar-refractivity contribution in [1.82, 2.24) is 0 Å². The second-order valence-electron chi connectivity index (χ2n) is 4.32. The summed E-state index contributed by atoms with van der Waals surface area (Å²) in [7, 11) is 0. The molecule has 1 amide bonds. The first-order chi connectivity index (χ1) is 10.1. The van der Waals surface area contributed by atoms with E-state index in [4.69, 9.17) is 28.9 Å². The van der Waals surface area contributed by atoms with Crippen LogP contribution in [0.2, 0.25) is 10.0 Å². The summed E-state index contributed by atoms with van der Waals surface area (Å²) < 4.78 is 0. The molecular weight excluding hydrogens is 327 g/mol. The van der Waals surface area contributed by atoms with Gasteiger partial charge < -0.3 is 11.1 Å². The van der Waals surface area contributed by atoms with Crippen LogP contribution in [0.1, 0.15) is 6.42 Å². The van der Waals surface area contributed by atoms with Gasteiger partial charge in [0.15, 0.2) is 0 Å². The molecule has 0 spiro atoms. The third-order valence-electron chi connectivity index (χ3n) is 2.68. The van der Waals surface area contributed by atoms with Crippen molar-refractivity contribution < 1.29 is 4.79 Å². The Labute approximate surface area is 137 Å². The highest BCUT2D eigenvalue weighted by Crippen LogP contribution is 2.32. The Balaban J connectivity index is 1.85. The van der Waals surface area contributed by atoms with E-state index in [1.165, 1.54) is 11.8 Å². The first-order valence-electron chi connectivity index (χ1n) is 6.28. The summed E-state index contributed by atoms with van der Waals surface area (Å²) in [5, 5.41) is 3.99. The zero-order chi connectivity index (χ0) is 15.2. The van der Waals surface area contributed by atoms with Crippen molar-refractivity contribution in [3.8, 4) is 0 Å². The minimum atomic E-state index is -0.0737. The lowest BCUT2D eigenvalue weighted by molar-refractivity contribution is -0.115. The normalized spacial score (nSPS) is 10.4. The van der Waals surface area contributed by atoms with Crippen molar-refractivity contribution in [2.45, 2.75) is 11.3 Å². The molecule has 2 aromatic rings. The van der Waals surface area contributed by atoms with Crippen LogP contribution in [0.5, 0.6) is 0 Å². The van der Waals surface area contributed by atoms with Crippen LogP contribution in [0.15, 0.2) is 47.4 Å². The molecule has 0 radical (unpaired) electrons. The van der Waals surface area contributed by atoms with E-state index in [2.05, 4.69) is 5.32 Å². The van der Waals surface area contributed by atoms with Gasteiger partial charge >= 0.3 is 0 Å². The summed E-state index contributed by atoms with van der Waals surface area (Å²) in [6.07, 6.45) is 0.363. The molecule has 0 saturated heterocycles. The Kier molecular flexibility index (Phi) is 5.79. The van der Waals surface area contributed by atoms with Crippen molar-refractivity contribution in [1.29, 1.82) is 0 Å². The van der Waals surface area contributed by atoms with Crippen LogP contribution < -0.4 is 11.1 Å². The molecule has 0 unspecified atom stereocenters. The number of thioether (sulfide) groups is 1. The number of amides is 1. The zero-order valence-electron chi connectivity index (χ0n) is 11.1. The van der Waals surface area contributed by atoms with Crippen LogP contribution in [-0.4, -0.2) is 11.7 Å². The van der Waals surface area contributed by atoms with Crippen molar-refractivity contribution in [3.63, 3.8) is 0 Å². The van der Waals surface area contributed by atoms with E-state index in [0.717, 1.165) is 4.90 Å². The molecule has 0 aliphatic heterocycles. The minimum absolute atomic E-state index is 0.0737. The highest BCUT2D eigenvalue weighted by molar-refractivity contribution is 7.99. The lowest BCUT2D eigenvalue weighted by Gasteiger charge is -2.08. The molecule has 2 rings (SSSR count). The molecule has 0 aliphatic rings. The number of halogens is 2. The summed E-state index contributed by atoms with van der Waals surface area (Å²) in [5.74, 6) is 0.524. The molecule has 0 saturated carbocycles. The van der Waals surface area contributed by atoms with Gasteiger partial charge in [-0.1, -0.05) is 35.3 Å². The number of anilines is 2. The summed E-state index contributed by atoms with van der Waals surface area (Å²) in [5.41, 5.74) is 7.18. The van der Waals surface area contributed by atoms with Gasteiger partial charge in [-0.15, -0.1) is 11.8 Å². The van der Waals surface area contributed by atoms with Gasteiger partial charge in [0.2, 0.25) is 5.91 Å². The first kappa shape index (κ1) is 16.0. The second-order valence-corrected chi connectivity index (χ2v) is 6.26. The third kappa shape index (κ3) is 4.84. The average Bonchev–Trinajstić information content (AvgIpc) is 2.42. The van der Waals surface area contributed by atoms with Gasteiger partial charge in [0.1, 0.15) is 0 Å². The Hall–Kier alpha value is -1.36. The van der Waals surface area contributed by atoms with Gasteiger partial charge in [-0.3, -0.25) is 4.79 Å². The molecule has 3 nitrogen and oxygen atoms in total. The summed E-state index contributed by atoms with van der Waals surface area (Å²) in [6.45, 7) is 0. The Bertz CT molecular complexity index is 629. The van der Waals surface area contributed by atoms with Crippen molar-refractivity contribution in [2.24, 2.45) is 0 Å². The van der Waals surface area contributed by atoms with E-state index in [9.17, 15) is 4.79 Å². The number of carbonyl (C=O) groups excluding carboxylic acids is 1. The number of carbonyl (C=O) groups is 1. The van der Waals surface area contributed by atoms with Gasteiger partial charge in [-0.25, -0.2) is 0 Å². The molecule has 110 valence electrons. The number of nitrogens with one attached hydrogen (secondary N) is 1. The second kappa shape index (κ2) is 7.59. The minimum Gasteiger partial charge on any atom is -0.398 e. The van der Waals surface area contributed by atoms with Crippen LogP contribution in [0.3, 0.4) is 0 Å². The maximum Gasteiger partial charge on any atom is 0.225 e. The maximum absolute atomic E-state index is 11.9. The third-order valence-corrected chi connectivity index (χ3v) is 4.50. The highest BCUT2D eigenvalue weighted by Gasteiger charge is 2.07. The predicted molar refractivity (Wildman–Crippen MR) is 91.3 cm³/mol. The molecule has 2 aromatic carbocycles. The summed E-state index contributed by atoms with van der Waals surface area (Å²) >= 11 is 13.4. The maximum atomic E-state index is 11.9. The van der Waals surface area contributed by atoms with Crippen molar-refractivity contribution in [2.75, 3.05) is 16.8 Å². The molecule has 0 atom stereocenters.